The van der Waals surface area contributed by atoms with Crippen molar-refractivity contribution >= 4 is 27.8 Å². The molecule has 2 aromatic heterocycles. The lowest BCUT2D eigenvalue weighted by molar-refractivity contribution is 1.15. The molecule has 80 valence electrons. The first-order valence-electron chi connectivity index (χ1n) is 5.01. The van der Waals surface area contributed by atoms with Gasteiger partial charge in [-0.15, -0.1) is 22.7 Å². The maximum Gasteiger partial charge on any atom is 0.183 e. The molecule has 0 radical (unpaired) electrons. The van der Waals surface area contributed by atoms with Crippen molar-refractivity contribution in [2.45, 2.75) is 26.8 Å². The highest BCUT2D eigenvalue weighted by Gasteiger charge is 2.00. The zero-order valence-electron chi connectivity index (χ0n) is 8.91. The van der Waals surface area contributed by atoms with Crippen LogP contribution in [0.5, 0.6) is 0 Å². The molecular weight excluding hydrogens is 224 g/mol. The Kier molecular flexibility index (Phi) is 3.38. The summed E-state index contributed by atoms with van der Waals surface area (Å²) in [4.78, 5) is 7.19. The van der Waals surface area contributed by atoms with Gasteiger partial charge in [-0.1, -0.05) is 6.92 Å². The summed E-state index contributed by atoms with van der Waals surface area (Å²) < 4.78 is 0. The Labute approximate surface area is 98.0 Å². The summed E-state index contributed by atoms with van der Waals surface area (Å²) in [5, 5.41) is 6.41. The van der Waals surface area contributed by atoms with Crippen LogP contribution in [0.1, 0.15) is 22.4 Å². The minimum atomic E-state index is 0.887. The molecule has 1 N–H and O–H groups in total. The van der Waals surface area contributed by atoms with Gasteiger partial charge in [0.15, 0.2) is 5.13 Å². The van der Waals surface area contributed by atoms with Gasteiger partial charge in [0.25, 0.3) is 0 Å². The summed E-state index contributed by atoms with van der Waals surface area (Å²) in [5.74, 6) is 0. The summed E-state index contributed by atoms with van der Waals surface area (Å²) in [6, 6.07) is 4.39. The number of nitrogens with zero attached hydrogens (tertiary/aromatic N) is 1. The smallest absolute Gasteiger partial charge is 0.183 e. The highest BCUT2D eigenvalue weighted by molar-refractivity contribution is 7.13. The van der Waals surface area contributed by atoms with Crippen molar-refractivity contribution in [3.63, 3.8) is 0 Å². The van der Waals surface area contributed by atoms with Crippen molar-refractivity contribution in [1.82, 2.24) is 4.98 Å². The monoisotopic (exact) mass is 238 g/mol. The zero-order valence-corrected chi connectivity index (χ0v) is 10.5. The van der Waals surface area contributed by atoms with E-state index in [2.05, 4.69) is 34.7 Å². The number of aromatic nitrogens is 1. The maximum atomic E-state index is 4.36. The average Bonchev–Trinajstić information content (AvgIpc) is 2.83. The van der Waals surface area contributed by atoms with Crippen molar-refractivity contribution in [2.75, 3.05) is 5.32 Å². The van der Waals surface area contributed by atoms with Crippen LogP contribution in [-0.2, 0) is 13.0 Å². The van der Waals surface area contributed by atoms with E-state index in [1.54, 1.807) is 11.3 Å². The highest BCUT2D eigenvalue weighted by Crippen LogP contribution is 2.20. The van der Waals surface area contributed by atoms with Crippen LogP contribution in [-0.4, -0.2) is 4.98 Å². The highest BCUT2D eigenvalue weighted by atomic mass is 32.1. The predicted molar refractivity (Wildman–Crippen MR) is 67.9 cm³/mol. The summed E-state index contributed by atoms with van der Waals surface area (Å²) in [6.45, 7) is 5.09. The molecule has 0 spiro atoms. The van der Waals surface area contributed by atoms with Crippen LogP contribution in [0.2, 0.25) is 0 Å². The van der Waals surface area contributed by atoms with Gasteiger partial charge in [-0.25, -0.2) is 4.98 Å². The second-order valence-corrected chi connectivity index (χ2v) is 5.48. The molecule has 4 heteroatoms. The Morgan fingerprint density at radius 2 is 2.13 bits per heavy atom. The molecule has 2 aromatic rings. The molecule has 0 saturated heterocycles. The third kappa shape index (κ3) is 2.79. The van der Waals surface area contributed by atoms with Crippen LogP contribution in [0.3, 0.4) is 0 Å². The van der Waals surface area contributed by atoms with Crippen molar-refractivity contribution in [2.24, 2.45) is 0 Å². The van der Waals surface area contributed by atoms with Gasteiger partial charge in [0.1, 0.15) is 0 Å². The van der Waals surface area contributed by atoms with E-state index < -0.39 is 0 Å². The van der Waals surface area contributed by atoms with Crippen LogP contribution in [0.25, 0.3) is 0 Å². The van der Waals surface area contributed by atoms with Crippen molar-refractivity contribution in [3.05, 3.63) is 33.0 Å². The molecule has 0 fully saturated rings. The predicted octanol–water partition coefficient (Wildman–Crippen LogP) is 3.69. The topological polar surface area (TPSA) is 24.9 Å². The molecule has 2 rings (SSSR count). The quantitative estimate of drug-likeness (QED) is 0.878. The molecule has 0 atom stereocenters. The molecule has 0 saturated carbocycles. The van der Waals surface area contributed by atoms with Crippen molar-refractivity contribution < 1.29 is 0 Å². The number of rotatable bonds is 4. The second kappa shape index (κ2) is 4.77. The number of hydrogen-bond donors (Lipinski definition) is 1. The number of thiophene rings is 1. The van der Waals surface area contributed by atoms with Crippen LogP contribution in [0.15, 0.2) is 17.5 Å². The van der Waals surface area contributed by atoms with Gasteiger partial charge >= 0.3 is 0 Å². The van der Waals surface area contributed by atoms with Crippen molar-refractivity contribution in [3.8, 4) is 0 Å². The van der Waals surface area contributed by atoms with E-state index in [1.165, 1.54) is 9.75 Å². The van der Waals surface area contributed by atoms with Crippen molar-refractivity contribution in [1.29, 1.82) is 0 Å². The minimum Gasteiger partial charge on any atom is -0.357 e. The van der Waals surface area contributed by atoms with E-state index in [0.717, 1.165) is 23.8 Å². The Balaban J connectivity index is 1.93. The lowest BCUT2D eigenvalue weighted by Crippen LogP contribution is -1.96. The minimum absolute atomic E-state index is 0.887. The summed E-state index contributed by atoms with van der Waals surface area (Å²) in [6.07, 6.45) is 1.13. The second-order valence-electron chi connectivity index (χ2n) is 3.37. The van der Waals surface area contributed by atoms with Crippen LogP contribution < -0.4 is 5.32 Å². The Morgan fingerprint density at radius 1 is 1.33 bits per heavy atom. The largest absolute Gasteiger partial charge is 0.357 e. The molecular formula is C11H14N2S2. The average molecular weight is 238 g/mol. The van der Waals surface area contributed by atoms with Gasteiger partial charge in [0.2, 0.25) is 0 Å². The van der Waals surface area contributed by atoms with Crippen LogP contribution in [0.4, 0.5) is 5.13 Å². The number of nitrogens with one attached hydrogen (secondary N) is 1. The zero-order chi connectivity index (χ0) is 10.7. The molecule has 2 heterocycles. The van der Waals surface area contributed by atoms with Gasteiger partial charge in [-0.05, 0) is 25.5 Å². The summed E-state index contributed by atoms with van der Waals surface area (Å²) in [7, 11) is 0. The fraction of sp³-hybridized carbons (Fsp3) is 0.364. The van der Waals surface area contributed by atoms with Gasteiger partial charge in [0.05, 0.1) is 12.2 Å². The first-order chi connectivity index (χ1) is 7.28. The Hall–Kier alpha value is -0.870. The standard InChI is InChI=1S/C11H14N2S2/c1-3-9-4-5-10(15-9)6-12-11-13-8(2)7-14-11/h4-5,7H,3,6H2,1-2H3,(H,12,13). The van der Waals surface area contributed by atoms with Gasteiger partial charge in [-0.2, -0.15) is 0 Å². The van der Waals surface area contributed by atoms with Crippen LogP contribution in [0, 0.1) is 6.92 Å². The van der Waals surface area contributed by atoms with Crippen LogP contribution >= 0.6 is 22.7 Å². The van der Waals surface area contributed by atoms with E-state index in [0.29, 0.717) is 0 Å². The molecule has 0 amide bonds. The van der Waals surface area contributed by atoms with Gasteiger partial charge in [0, 0.05) is 15.1 Å². The molecule has 0 aromatic carbocycles. The third-order valence-electron chi connectivity index (χ3n) is 2.10. The fourth-order valence-electron chi connectivity index (χ4n) is 1.31. The maximum absolute atomic E-state index is 4.36. The van der Waals surface area contributed by atoms with Gasteiger partial charge in [-0.3, -0.25) is 0 Å². The number of hydrogen-bond acceptors (Lipinski definition) is 4. The molecule has 15 heavy (non-hydrogen) atoms. The Bertz CT molecular complexity index is 431. The summed E-state index contributed by atoms with van der Waals surface area (Å²) in [5.41, 5.74) is 1.09. The van der Waals surface area contributed by atoms with E-state index in [9.17, 15) is 0 Å². The molecule has 0 aliphatic heterocycles. The first kappa shape index (κ1) is 10.6. The van der Waals surface area contributed by atoms with E-state index in [1.807, 2.05) is 18.3 Å². The molecule has 0 bridgehead atoms. The Morgan fingerprint density at radius 3 is 2.73 bits per heavy atom. The third-order valence-corrected chi connectivity index (χ3v) is 4.25. The molecule has 2 nitrogen and oxygen atoms in total. The molecule has 0 aliphatic carbocycles. The SMILES string of the molecule is CCc1ccc(CNc2nc(C)cs2)s1. The van der Waals surface area contributed by atoms with E-state index in [4.69, 9.17) is 0 Å². The normalized spacial score (nSPS) is 10.5. The summed E-state index contributed by atoms with van der Waals surface area (Å²) >= 11 is 3.54. The number of anilines is 1. The van der Waals surface area contributed by atoms with Gasteiger partial charge < -0.3 is 5.32 Å². The molecule has 0 unspecified atom stereocenters. The van der Waals surface area contributed by atoms with E-state index in [-0.39, 0.29) is 0 Å². The lowest BCUT2D eigenvalue weighted by atomic mass is 10.4. The fourth-order valence-corrected chi connectivity index (χ4v) is 2.89. The van der Waals surface area contributed by atoms with E-state index >= 15 is 0 Å². The lowest BCUT2D eigenvalue weighted by Gasteiger charge is -1.98. The number of aryl methyl sites for hydroxylation is 2. The first-order valence-corrected chi connectivity index (χ1v) is 6.71. The molecule has 0 aliphatic rings. The number of thiazole rings is 1.